The molecule has 92 valence electrons. The summed E-state index contributed by atoms with van der Waals surface area (Å²) in [6, 6.07) is 5.82. The van der Waals surface area contributed by atoms with Crippen LogP contribution in [0, 0.1) is 5.92 Å². The van der Waals surface area contributed by atoms with Crippen LogP contribution in [0.1, 0.15) is 30.6 Å². The first-order valence-corrected chi connectivity index (χ1v) is 5.76. The van der Waals surface area contributed by atoms with Crippen molar-refractivity contribution in [2.75, 3.05) is 0 Å². The number of ketones is 2. The van der Waals surface area contributed by atoms with Crippen LogP contribution in [0.15, 0.2) is 24.3 Å². The van der Waals surface area contributed by atoms with Crippen LogP contribution in [0.5, 0.6) is 0 Å². The van der Waals surface area contributed by atoms with Crippen LogP contribution in [-0.4, -0.2) is 17.7 Å². The predicted octanol–water partition coefficient (Wildman–Crippen LogP) is 3.48. The summed E-state index contributed by atoms with van der Waals surface area (Å²) < 4.78 is 13.6. The Balaban J connectivity index is 2.76. The number of rotatable bonds is 5. The van der Waals surface area contributed by atoms with E-state index in [0.717, 1.165) is 0 Å². The Bertz CT molecular complexity index is 412. The van der Waals surface area contributed by atoms with Crippen molar-refractivity contribution in [3.05, 3.63) is 34.9 Å². The zero-order valence-electron chi connectivity index (χ0n) is 9.74. The first kappa shape index (κ1) is 13.8. The lowest BCUT2D eigenvalue weighted by atomic mass is 9.98. The van der Waals surface area contributed by atoms with Crippen molar-refractivity contribution in [2.45, 2.75) is 26.4 Å². The summed E-state index contributed by atoms with van der Waals surface area (Å²) in [6.45, 7) is 3.61. The van der Waals surface area contributed by atoms with Gasteiger partial charge in [0.25, 0.3) is 0 Å². The number of carbonyl (C=O) groups is 2. The largest absolute Gasteiger partial charge is 0.296 e. The standard InChI is InChI=1S/C13H14ClFO2/c1-8(2)7-11(16)12(15)13(17)9-3-5-10(14)6-4-9/h3-6,8,12H,7H2,1-2H3. The van der Waals surface area contributed by atoms with Gasteiger partial charge >= 0.3 is 0 Å². The third-order valence-electron chi connectivity index (χ3n) is 2.25. The van der Waals surface area contributed by atoms with Gasteiger partial charge in [-0.1, -0.05) is 25.4 Å². The summed E-state index contributed by atoms with van der Waals surface area (Å²) in [6.07, 6.45) is -2.00. The molecule has 1 unspecified atom stereocenters. The number of halogens is 2. The second kappa shape index (κ2) is 5.92. The average molecular weight is 257 g/mol. The summed E-state index contributed by atoms with van der Waals surface area (Å²) >= 11 is 5.66. The molecule has 0 aliphatic heterocycles. The zero-order valence-corrected chi connectivity index (χ0v) is 10.5. The number of Topliss-reactive ketones (excluding diaryl/α,β-unsaturated/α-hetero) is 2. The molecule has 0 N–H and O–H groups in total. The molecule has 2 nitrogen and oxygen atoms in total. The van der Waals surface area contributed by atoms with Gasteiger partial charge in [0.05, 0.1) is 0 Å². The van der Waals surface area contributed by atoms with Gasteiger partial charge in [-0.15, -0.1) is 0 Å². The van der Waals surface area contributed by atoms with E-state index in [2.05, 4.69) is 0 Å². The minimum atomic E-state index is -2.07. The maximum absolute atomic E-state index is 13.6. The van der Waals surface area contributed by atoms with Crippen molar-refractivity contribution in [3.63, 3.8) is 0 Å². The van der Waals surface area contributed by atoms with Crippen molar-refractivity contribution < 1.29 is 14.0 Å². The fourth-order valence-corrected chi connectivity index (χ4v) is 1.54. The third-order valence-corrected chi connectivity index (χ3v) is 2.50. The van der Waals surface area contributed by atoms with Gasteiger partial charge in [0.1, 0.15) is 0 Å². The highest BCUT2D eigenvalue weighted by molar-refractivity contribution is 6.30. The Hall–Kier alpha value is -1.22. The van der Waals surface area contributed by atoms with Crippen LogP contribution in [0.2, 0.25) is 5.02 Å². The first-order valence-electron chi connectivity index (χ1n) is 5.38. The van der Waals surface area contributed by atoms with Gasteiger partial charge < -0.3 is 0 Å². The monoisotopic (exact) mass is 256 g/mol. The van der Waals surface area contributed by atoms with Crippen LogP contribution >= 0.6 is 11.6 Å². The van der Waals surface area contributed by atoms with Crippen molar-refractivity contribution >= 4 is 23.2 Å². The van der Waals surface area contributed by atoms with Crippen LogP contribution in [0.4, 0.5) is 4.39 Å². The van der Waals surface area contributed by atoms with Gasteiger partial charge in [0.2, 0.25) is 12.0 Å². The minimum absolute atomic E-state index is 0.0405. The molecule has 0 aliphatic rings. The molecule has 0 saturated heterocycles. The molecule has 0 spiro atoms. The summed E-state index contributed by atoms with van der Waals surface area (Å²) in [5.41, 5.74) is 0.166. The van der Waals surface area contributed by atoms with Crippen LogP contribution in [0.3, 0.4) is 0 Å². The Morgan fingerprint density at radius 2 is 1.76 bits per heavy atom. The van der Waals surface area contributed by atoms with Gasteiger partial charge in [0.15, 0.2) is 5.78 Å². The van der Waals surface area contributed by atoms with Crippen LogP contribution in [0.25, 0.3) is 0 Å². The molecule has 4 heteroatoms. The van der Waals surface area contributed by atoms with Crippen LogP contribution < -0.4 is 0 Å². The third kappa shape index (κ3) is 3.93. The van der Waals surface area contributed by atoms with E-state index in [1.807, 2.05) is 0 Å². The highest BCUT2D eigenvalue weighted by atomic mass is 35.5. The SMILES string of the molecule is CC(C)CC(=O)C(F)C(=O)c1ccc(Cl)cc1. The second-order valence-electron chi connectivity index (χ2n) is 4.30. The molecule has 1 aromatic rings. The number of benzene rings is 1. The summed E-state index contributed by atoms with van der Waals surface area (Å²) in [5.74, 6) is -1.42. The molecular formula is C13H14ClFO2. The molecular weight excluding hydrogens is 243 g/mol. The molecule has 1 rings (SSSR count). The summed E-state index contributed by atoms with van der Waals surface area (Å²) in [5, 5.41) is 0.463. The molecule has 0 amide bonds. The van der Waals surface area contributed by atoms with E-state index < -0.39 is 17.7 Å². The molecule has 1 atom stereocenters. The maximum Gasteiger partial charge on any atom is 0.220 e. The molecule has 0 aromatic heterocycles. The van der Waals surface area contributed by atoms with Crippen LogP contribution in [-0.2, 0) is 4.79 Å². The zero-order chi connectivity index (χ0) is 13.0. The quantitative estimate of drug-likeness (QED) is 0.597. The molecule has 0 saturated carbocycles. The Morgan fingerprint density at radius 1 is 1.24 bits per heavy atom. The smallest absolute Gasteiger partial charge is 0.220 e. The van der Waals surface area contributed by atoms with E-state index in [4.69, 9.17) is 11.6 Å². The Morgan fingerprint density at radius 3 is 2.24 bits per heavy atom. The first-order chi connectivity index (χ1) is 7.91. The number of hydrogen-bond acceptors (Lipinski definition) is 2. The topological polar surface area (TPSA) is 34.1 Å². The summed E-state index contributed by atoms with van der Waals surface area (Å²) in [7, 11) is 0. The second-order valence-corrected chi connectivity index (χ2v) is 4.73. The fraction of sp³-hybridized carbons (Fsp3) is 0.385. The number of hydrogen-bond donors (Lipinski definition) is 0. The van der Waals surface area contributed by atoms with Crippen molar-refractivity contribution in [1.82, 2.24) is 0 Å². The molecule has 0 fully saturated rings. The van der Waals surface area contributed by atoms with E-state index in [1.54, 1.807) is 13.8 Å². The normalized spacial score (nSPS) is 12.5. The molecule has 17 heavy (non-hydrogen) atoms. The average Bonchev–Trinajstić information content (AvgIpc) is 2.27. The van der Waals surface area contributed by atoms with E-state index in [0.29, 0.717) is 5.02 Å². The number of carbonyl (C=O) groups excluding carboxylic acids is 2. The molecule has 0 bridgehead atoms. The van der Waals surface area contributed by atoms with Gasteiger partial charge in [0, 0.05) is 17.0 Å². The molecule has 0 radical (unpaired) electrons. The summed E-state index contributed by atoms with van der Waals surface area (Å²) in [4.78, 5) is 23.1. The van der Waals surface area contributed by atoms with Gasteiger partial charge in [-0.25, -0.2) is 4.39 Å². The van der Waals surface area contributed by atoms with Crippen molar-refractivity contribution in [1.29, 1.82) is 0 Å². The predicted molar refractivity (Wildman–Crippen MR) is 65.1 cm³/mol. The highest BCUT2D eigenvalue weighted by Gasteiger charge is 2.27. The maximum atomic E-state index is 13.6. The van der Waals surface area contributed by atoms with Gasteiger partial charge in [-0.05, 0) is 30.2 Å². The Labute approximate surface area is 105 Å². The molecule has 1 aromatic carbocycles. The lowest BCUT2D eigenvalue weighted by Gasteiger charge is -2.08. The van der Waals surface area contributed by atoms with Crippen molar-refractivity contribution in [3.8, 4) is 0 Å². The van der Waals surface area contributed by atoms with E-state index in [9.17, 15) is 14.0 Å². The van der Waals surface area contributed by atoms with Gasteiger partial charge in [-0.2, -0.15) is 0 Å². The van der Waals surface area contributed by atoms with E-state index in [-0.39, 0.29) is 17.9 Å². The van der Waals surface area contributed by atoms with Crippen molar-refractivity contribution in [2.24, 2.45) is 5.92 Å². The lowest BCUT2D eigenvalue weighted by molar-refractivity contribution is -0.122. The number of alkyl halides is 1. The van der Waals surface area contributed by atoms with E-state index in [1.165, 1.54) is 24.3 Å². The molecule has 0 heterocycles. The van der Waals surface area contributed by atoms with E-state index >= 15 is 0 Å². The highest BCUT2D eigenvalue weighted by Crippen LogP contribution is 2.14. The van der Waals surface area contributed by atoms with Gasteiger partial charge in [-0.3, -0.25) is 9.59 Å². The lowest BCUT2D eigenvalue weighted by Crippen LogP contribution is -2.26. The molecule has 0 aliphatic carbocycles. The fourth-order valence-electron chi connectivity index (χ4n) is 1.41. The Kier molecular flexibility index (Phi) is 4.82. The minimum Gasteiger partial charge on any atom is -0.296 e.